The highest BCUT2D eigenvalue weighted by molar-refractivity contribution is 7.98. The molecule has 2 aromatic rings. The highest BCUT2D eigenvalue weighted by Crippen LogP contribution is 2.29. The van der Waals surface area contributed by atoms with Crippen LogP contribution in [0.5, 0.6) is 0 Å². The first-order valence-corrected chi connectivity index (χ1v) is 6.16. The lowest BCUT2D eigenvalue weighted by Crippen LogP contribution is -1.93. The van der Waals surface area contributed by atoms with Gasteiger partial charge in [0.25, 0.3) is 0 Å². The normalized spacial score (nSPS) is 10.6. The summed E-state index contributed by atoms with van der Waals surface area (Å²) in [6.45, 7) is 0. The summed E-state index contributed by atoms with van der Waals surface area (Å²) in [4.78, 5) is -0.0754. The summed E-state index contributed by atoms with van der Waals surface area (Å²) in [7, 11) is 0. The summed E-state index contributed by atoms with van der Waals surface area (Å²) in [5, 5.41) is 0. The van der Waals surface area contributed by atoms with Gasteiger partial charge in [-0.3, -0.25) is 0 Å². The van der Waals surface area contributed by atoms with Crippen LogP contribution >= 0.6 is 11.8 Å². The monoisotopic (exact) mass is 269 g/mol. The summed E-state index contributed by atoms with van der Waals surface area (Å²) < 4.78 is 39.6. The van der Waals surface area contributed by atoms with E-state index in [4.69, 9.17) is 5.73 Å². The van der Waals surface area contributed by atoms with E-state index in [2.05, 4.69) is 0 Å². The average molecular weight is 269 g/mol. The van der Waals surface area contributed by atoms with Crippen LogP contribution in [0, 0.1) is 17.5 Å². The Morgan fingerprint density at radius 2 is 1.50 bits per heavy atom. The predicted molar refractivity (Wildman–Crippen MR) is 66.7 cm³/mol. The molecule has 0 aromatic heterocycles. The van der Waals surface area contributed by atoms with Crippen molar-refractivity contribution in [1.82, 2.24) is 0 Å². The van der Waals surface area contributed by atoms with Crippen LogP contribution in [0.3, 0.4) is 0 Å². The molecule has 0 atom stereocenters. The summed E-state index contributed by atoms with van der Waals surface area (Å²) in [6, 6.07) is 7.94. The standard InChI is InChI=1S/C13H10F3NS/c14-9-3-1-8(2-4-9)7-18-13-11(15)5-10(17)6-12(13)16/h1-6H,7,17H2. The molecule has 5 heteroatoms. The quantitative estimate of drug-likeness (QED) is 0.673. The number of rotatable bonds is 3. The Morgan fingerprint density at radius 3 is 2.06 bits per heavy atom. The minimum Gasteiger partial charge on any atom is -0.399 e. The zero-order valence-corrected chi connectivity index (χ0v) is 10.1. The molecule has 0 bridgehead atoms. The third-order valence-corrected chi connectivity index (χ3v) is 3.47. The maximum absolute atomic E-state index is 13.5. The van der Waals surface area contributed by atoms with Crippen LogP contribution in [0.15, 0.2) is 41.3 Å². The second kappa shape index (κ2) is 5.35. The van der Waals surface area contributed by atoms with E-state index in [0.717, 1.165) is 29.5 Å². The molecule has 94 valence electrons. The number of anilines is 1. The number of hydrogen-bond donors (Lipinski definition) is 1. The van der Waals surface area contributed by atoms with Crippen LogP contribution in [0.25, 0.3) is 0 Å². The van der Waals surface area contributed by atoms with Crippen LogP contribution in [0.1, 0.15) is 5.56 Å². The zero-order chi connectivity index (χ0) is 13.1. The molecule has 0 aliphatic carbocycles. The molecular formula is C13H10F3NS. The molecule has 0 unspecified atom stereocenters. The molecule has 2 N–H and O–H groups in total. The van der Waals surface area contributed by atoms with E-state index >= 15 is 0 Å². The number of nitrogen functional groups attached to an aromatic ring is 1. The van der Waals surface area contributed by atoms with Crippen LogP contribution in [0.4, 0.5) is 18.9 Å². The Bertz CT molecular complexity index is 532. The molecule has 2 aromatic carbocycles. The maximum atomic E-state index is 13.5. The first kappa shape index (κ1) is 12.8. The number of hydrogen-bond acceptors (Lipinski definition) is 2. The van der Waals surface area contributed by atoms with E-state index in [-0.39, 0.29) is 16.4 Å². The Balaban J connectivity index is 2.13. The van der Waals surface area contributed by atoms with Gasteiger partial charge in [0.1, 0.15) is 17.5 Å². The fourth-order valence-corrected chi connectivity index (χ4v) is 2.35. The Hall–Kier alpha value is -1.62. The van der Waals surface area contributed by atoms with Crippen molar-refractivity contribution in [2.45, 2.75) is 10.6 Å². The zero-order valence-electron chi connectivity index (χ0n) is 9.29. The van der Waals surface area contributed by atoms with Crippen molar-refractivity contribution >= 4 is 17.4 Å². The maximum Gasteiger partial charge on any atom is 0.141 e. The van der Waals surface area contributed by atoms with Crippen LogP contribution < -0.4 is 5.73 Å². The van der Waals surface area contributed by atoms with Crippen LogP contribution in [0.2, 0.25) is 0 Å². The molecule has 18 heavy (non-hydrogen) atoms. The molecule has 0 aliphatic heterocycles. The van der Waals surface area contributed by atoms with E-state index in [1.54, 1.807) is 12.1 Å². The second-order valence-electron chi connectivity index (χ2n) is 3.73. The first-order valence-electron chi connectivity index (χ1n) is 5.18. The molecule has 0 saturated carbocycles. The van der Waals surface area contributed by atoms with E-state index in [9.17, 15) is 13.2 Å². The van der Waals surface area contributed by atoms with Gasteiger partial charge in [-0.05, 0) is 29.8 Å². The second-order valence-corrected chi connectivity index (χ2v) is 4.71. The molecule has 2 rings (SSSR count). The third kappa shape index (κ3) is 2.98. The van der Waals surface area contributed by atoms with Gasteiger partial charge in [0.2, 0.25) is 0 Å². The Kier molecular flexibility index (Phi) is 3.81. The predicted octanol–water partition coefficient (Wildman–Crippen LogP) is 3.98. The molecule has 0 heterocycles. The average Bonchev–Trinajstić information content (AvgIpc) is 2.30. The molecule has 0 aliphatic rings. The number of benzene rings is 2. The fourth-order valence-electron chi connectivity index (χ4n) is 1.45. The molecule has 0 spiro atoms. The summed E-state index contributed by atoms with van der Waals surface area (Å²) in [5.74, 6) is -1.34. The molecule has 0 saturated heterocycles. The molecular weight excluding hydrogens is 259 g/mol. The van der Waals surface area contributed by atoms with Gasteiger partial charge in [-0.2, -0.15) is 0 Å². The van der Waals surface area contributed by atoms with Gasteiger partial charge in [0.15, 0.2) is 0 Å². The van der Waals surface area contributed by atoms with Crippen molar-refractivity contribution in [2.75, 3.05) is 5.73 Å². The van der Waals surface area contributed by atoms with Gasteiger partial charge in [-0.1, -0.05) is 12.1 Å². The molecule has 0 amide bonds. The van der Waals surface area contributed by atoms with E-state index in [1.165, 1.54) is 12.1 Å². The first-order chi connectivity index (χ1) is 8.56. The summed E-state index contributed by atoms with van der Waals surface area (Å²) in [5.41, 5.74) is 6.16. The van der Waals surface area contributed by atoms with Crippen molar-refractivity contribution in [3.63, 3.8) is 0 Å². The summed E-state index contributed by atoms with van der Waals surface area (Å²) in [6.07, 6.45) is 0. The molecule has 1 nitrogen and oxygen atoms in total. The number of halogens is 3. The molecule has 0 fully saturated rings. The van der Waals surface area contributed by atoms with Crippen molar-refractivity contribution in [3.05, 3.63) is 59.4 Å². The van der Waals surface area contributed by atoms with Gasteiger partial charge in [0, 0.05) is 11.4 Å². The van der Waals surface area contributed by atoms with Gasteiger partial charge < -0.3 is 5.73 Å². The lowest BCUT2D eigenvalue weighted by molar-refractivity contribution is 0.542. The molecule has 0 radical (unpaired) electrons. The van der Waals surface area contributed by atoms with E-state index in [0.29, 0.717) is 5.75 Å². The van der Waals surface area contributed by atoms with Gasteiger partial charge in [-0.15, -0.1) is 11.8 Å². The fraction of sp³-hybridized carbons (Fsp3) is 0.0769. The topological polar surface area (TPSA) is 26.0 Å². The van der Waals surface area contributed by atoms with E-state index in [1.807, 2.05) is 0 Å². The number of thioether (sulfide) groups is 1. The Morgan fingerprint density at radius 1 is 0.944 bits per heavy atom. The van der Waals surface area contributed by atoms with Crippen molar-refractivity contribution in [2.24, 2.45) is 0 Å². The van der Waals surface area contributed by atoms with Gasteiger partial charge in [-0.25, -0.2) is 13.2 Å². The lowest BCUT2D eigenvalue weighted by Gasteiger charge is -2.06. The Labute approximate surface area is 107 Å². The van der Waals surface area contributed by atoms with Crippen molar-refractivity contribution in [3.8, 4) is 0 Å². The highest BCUT2D eigenvalue weighted by Gasteiger charge is 2.11. The third-order valence-electron chi connectivity index (χ3n) is 2.32. The minimum absolute atomic E-state index is 0.0520. The van der Waals surface area contributed by atoms with Crippen LogP contribution in [-0.4, -0.2) is 0 Å². The smallest absolute Gasteiger partial charge is 0.141 e. The largest absolute Gasteiger partial charge is 0.399 e. The van der Waals surface area contributed by atoms with Crippen molar-refractivity contribution in [1.29, 1.82) is 0 Å². The minimum atomic E-state index is -0.681. The SMILES string of the molecule is Nc1cc(F)c(SCc2ccc(F)cc2)c(F)c1. The van der Waals surface area contributed by atoms with E-state index < -0.39 is 11.6 Å². The number of nitrogens with two attached hydrogens (primary N) is 1. The lowest BCUT2D eigenvalue weighted by atomic mass is 10.2. The summed E-state index contributed by atoms with van der Waals surface area (Å²) >= 11 is 1.01. The van der Waals surface area contributed by atoms with Gasteiger partial charge in [0.05, 0.1) is 4.90 Å². The highest BCUT2D eigenvalue weighted by atomic mass is 32.2. The van der Waals surface area contributed by atoms with Crippen LogP contribution in [-0.2, 0) is 5.75 Å². The van der Waals surface area contributed by atoms with Crippen molar-refractivity contribution < 1.29 is 13.2 Å². The van der Waals surface area contributed by atoms with Gasteiger partial charge >= 0.3 is 0 Å².